The first-order valence-electron chi connectivity index (χ1n) is 5.03. The molecule has 0 bridgehead atoms. The quantitative estimate of drug-likeness (QED) is 0.790. The van der Waals surface area contributed by atoms with Crippen LogP contribution in [0, 0.1) is 5.82 Å². The number of carbonyl (C=O) groups excluding carboxylic acids is 1. The molecular formula is C11H13FN2O. The van der Waals surface area contributed by atoms with Crippen molar-refractivity contribution in [3.8, 4) is 0 Å². The third kappa shape index (κ3) is 2.68. The second kappa shape index (κ2) is 4.29. The largest absolute Gasteiger partial charge is 0.383 e. The molecule has 1 aliphatic rings. The van der Waals surface area contributed by atoms with Gasteiger partial charge in [0, 0.05) is 24.7 Å². The lowest BCUT2D eigenvalue weighted by Crippen LogP contribution is -2.31. The molecule has 1 saturated heterocycles. The standard InChI is InChI=1S/C11H13FN2O/c12-8-2-1-3-9(6-8)13-7-10-4-5-11(15)14-10/h1-3,6,10,13H,4-5,7H2,(H,14,15)/t10-/m0/s1. The maximum atomic E-state index is 12.8. The summed E-state index contributed by atoms with van der Waals surface area (Å²) in [6.45, 7) is 0.648. The molecule has 1 heterocycles. The summed E-state index contributed by atoms with van der Waals surface area (Å²) < 4.78 is 12.8. The first-order valence-corrected chi connectivity index (χ1v) is 5.03. The predicted molar refractivity (Wildman–Crippen MR) is 56.1 cm³/mol. The van der Waals surface area contributed by atoms with E-state index in [9.17, 15) is 9.18 Å². The van der Waals surface area contributed by atoms with E-state index >= 15 is 0 Å². The van der Waals surface area contributed by atoms with Crippen molar-refractivity contribution in [3.63, 3.8) is 0 Å². The Morgan fingerprint density at radius 1 is 1.53 bits per heavy atom. The highest BCUT2D eigenvalue weighted by Crippen LogP contribution is 2.11. The lowest BCUT2D eigenvalue weighted by Gasteiger charge is -2.12. The van der Waals surface area contributed by atoms with Gasteiger partial charge < -0.3 is 10.6 Å². The molecule has 0 saturated carbocycles. The van der Waals surface area contributed by atoms with Gasteiger partial charge in [-0.05, 0) is 24.6 Å². The van der Waals surface area contributed by atoms with Crippen LogP contribution in [-0.2, 0) is 4.79 Å². The van der Waals surface area contributed by atoms with E-state index in [4.69, 9.17) is 0 Å². The lowest BCUT2D eigenvalue weighted by atomic mass is 10.2. The highest BCUT2D eigenvalue weighted by Gasteiger charge is 2.19. The minimum atomic E-state index is -0.254. The van der Waals surface area contributed by atoms with Gasteiger partial charge in [-0.3, -0.25) is 4.79 Å². The lowest BCUT2D eigenvalue weighted by molar-refractivity contribution is -0.119. The Balaban J connectivity index is 1.85. The van der Waals surface area contributed by atoms with E-state index in [0.717, 1.165) is 12.1 Å². The van der Waals surface area contributed by atoms with Crippen LogP contribution >= 0.6 is 0 Å². The van der Waals surface area contributed by atoms with Crippen molar-refractivity contribution in [1.29, 1.82) is 0 Å². The van der Waals surface area contributed by atoms with Gasteiger partial charge in [0.1, 0.15) is 5.82 Å². The maximum Gasteiger partial charge on any atom is 0.220 e. The summed E-state index contributed by atoms with van der Waals surface area (Å²) in [5.41, 5.74) is 0.746. The van der Waals surface area contributed by atoms with Crippen molar-refractivity contribution in [3.05, 3.63) is 30.1 Å². The summed E-state index contributed by atoms with van der Waals surface area (Å²) in [6.07, 6.45) is 1.44. The molecule has 2 rings (SSSR count). The molecule has 0 unspecified atom stereocenters. The van der Waals surface area contributed by atoms with Crippen LogP contribution in [0.4, 0.5) is 10.1 Å². The fraction of sp³-hybridized carbons (Fsp3) is 0.364. The fourth-order valence-corrected chi connectivity index (χ4v) is 1.67. The molecule has 1 atom stereocenters. The molecule has 0 radical (unpaired) electrons. The number of anilines is 1. The van der Waals surface area contributed by atoms with Gasteiger partial charge in [-0.15, -0.1) is 0 Å². The van der Waals surface area contributed by atoms with Gasteiger partial charge >= 0.3 is 0 Å². The van der Waals surface area contributed by atoms with Crippen LogP contribution in [0.15, 0.2) is 24.3 Å². The second-order valence-corrected chi connectivity index (χ2v) is 3.69. The molecular weight excluding hydrogens is 195 g/mol. The van der Waals surface area contributed by atoms with Crippen LogP contribution < -0.4 is 10.6 Å². The summed E-state index contributed by atoms with van der Waals surface area (Å²) in [4.78, 5) is 10.9. The Labute approximate surface area is 87.7 Å². The molecule has 0 spiro atoms. The minimum absolute atomic E-state index is 0.0982. The predicted octanol–water partition coefficient (Wildman–Crippen LogP) is 1.52. The first kappa shape index (κ1) is 9.96. The third-order valence-electron chi connectivity index (χ3n) is 2.46. The molecule has 15 heavy (non-hydrogen) atoms. The average Bonchev–Trinajstić information content (AvgIpc) is 2.62. The zero-order valence-electron chi connectivity index (χ0n) is 8.29. The van der Waals surface area contributed by atoms with Gasteiger partial charge in [0.15, 0.2) is 0 Å². The summed E-state index contributed by atoms with van der Waals surface area (Å²) in [6, 6.07) is 6.48. The van der Waals surface area contributed by atoms with E-state index in [2.05, 4.69) is 10.6 Å². The van der Waals surface area contributed by atoms with Crippen molar-refractivity contribution in [2.45, 2.75) is 18.9 Å². The van der Waals surface area contributed by atoms with Crippen LogP contribution in [0.25, 0.3) is 0 Å². The summed E-state index contributed by atoms with van der Waals surface area (Å²) in [5, 5.41) is 5.94. The van der Waals surface area contributed by atoms with E-state index in [1.165, 1.54) is 12.1 Å². The Hall–Kier alpha value is -1.58. The summed E-state index contributed by atoms with van der Waals surface area (Å²) >= 11 is 0. The van der Waals surface area contributed by atoms with Crippen LogP contribution in [0.2, 0.25) is 0 Å². The van der Waals surface area contributed by atoms with Crippen LogP contribution in [-0.4, -0.2) is 18.5 Å². The van der Waals surface area contributed by atoms with Gasteiger partial charge in [0.25, 0.3) is 0 Å². The van der Waals surface area contributed by atoms with Crippen molar-refractivity contribution in [2.75, 3.05) is 11.9 Å². The van der Waals surface area contributed by atoms with E-state index in [0.29, 0.717) is 13.0 Å². The molecule has 0 aromatic heterocycles. The maximum absolute atomic E-state index is 12.8. The molecule has 0 aliphatic carbocycles. The monoisotopic (exact) mass is 208 g/mol. The number of benzene rings is 1. The zero-order chi connectivity index (χ0) is 10.7. The molecule has 1 aromatic carbocycles. The first-order chi connectivity index (χ1) is 7.24. The minimum Gasteiger partial charge on any atom is -0.383 e. The number of rotatable bonds is 3. The SMILES string of the molecule is O=C1CC[C@@H](CNc2cccc(F)c2)N1. The van der Waals surface area contributed by atoms with Gasteiger partial charge in [0.05, 0.1) is 0 Å². The van der Waals surface area contributed by atoms with E-state index in [1.807, 2.05) is 0 Å². The van der Waals surface area contributed by atoms with E-state index in [-0.39, 0.29) is 17.8 Å². The normalized spacial score (nSPS) is 20.1. The highest BCUT2D eigenvalue weighted by molar-refractivity contribution is 5.78. The van der Waals surface area contributed by atoms with Crippen LogP contribution in [0.5, 0.6) is 0 Å². The molecule has 1 aromatic rings. The average molecular weight is 208 g/mol. The molecule has 1 amide bonds. The molecule has 3 nitrogen and oxygen atoms in total. The second-order valence-electron chi connectivity index (χ2n) is 3.69. The number of halogens is 1. The van der Waals surface area contributed by atoms with Gasteiger partial charge in [-0.2, -0.15) is 0 Å². The number of nitrogens with one attached hydrogen (secondary N) is 2. The molecule has 4 heteroatoms. The van der Waals surface area contributed by atoms with Crippen molar-refractivity contribution in [1.82, 2.24) is 5.32 Å². The Morgan fingerprint density at radius 2 is 2.40 bits per heavy atom. The van der Waals surface area contributed by atoms with Gasteiger partial charge in [-0.1, -0.05) is 6.07 Å². The summed E-state index contributed by atoms with van der Waals surface area (Å²) in [5.74, 6) is -0.156. The molecule has 1 aliphatic heterocycles. The highest BCUT2D eigenvalue weighted by atomic mass is 19.1. The number of hydrogen-bond donors (Lipinski definition) is 2. The van der Waals surface area contributed by atoms with Crippen molar-refractivity contribution < 1.29 is 9.18 Å². The summed E-state index contributed by atoms with van der Waals surface area (Å²) in [7, 11) is 0. The van der Waals surface area contributed by atoms with Crippen molar-refractivity contribution >= 4 is 11.6 Å². The third-order valence-corrected chi connectivity index (χ3v) is 2.46. The number of amides is 1. The Morgan fingerprint density at radius 3 is 3.07 bits per heavy atom. The van der Waals surface area contributed by atoms with Crippen LogP contribution in [0.1, 0.15) is 12.8 Å². The van der Waals surface area contributed by atoms with E-state index < -0.39 is 0 Å². The van der Waals surface area contributed by atoms with Gasteiger partial charge in [0.2, 0.25) is 5.91 Å². The van der Waals surface area contributed by atoms with Crippen LogP contribution in [0.3, 0.4) is 0 Å². The Kier molecular flexibility index (Phi) is 2.85. The molecule has 80 valence electrons. The zero-order valence-corrected chi connectivity index (χ0v) is 8.29. The van der Waals surface area contributed by atoms with E-state index in [1.54, 1.807) is 12.1 Å². The Bertz CT molecular complexity index is 367. The smallest absolute Gasteiger partial charge is 0.220 e. The van der Waals surface area contributed by atoms with Crippen molar-refractivity contribution in [2.24, 2.45) is 0 Å². The molecule has 2 N–H and O–H groups in total. The van der Waals surface area contributed by atoms with Gasteiger partial charge in [-0.25, -0.2) is 4.39 Å². The number of hydrogen-bond acceptors (Lipinski definition) is 2. The number of carbonyl (C=O) groups is 1. The molecule has 1 fully saturated rings. The topological polar surface area (TPSA) is 41.1 Å². The fourth-order valence-electron chi connectivity index (χ4n) is 1.67.